The number of amides is 1. The molecule has 0 unspecified atom stereocenters. The molecule has 2 radical (unpaired) electrons. The molecule has 1 heterocycles. The van der Waals surface area contributed by atoms with Crippen LogP contribution in [0.5, 0.6) is 0 Å². The maximum atomic E-state index is 12.5. The number of aryl methyl sites for hydroxylation is 1. The molecule has 0 aromatic carbocycles. The fourth-order valence-corrected chi connectivity index (χ4v) is 8.85. The first-order valence-electron chi connectivity index (χ1n) is 11.4. The molecule has 29 heavy (non-hydrogen) atoms. The van der Waals surface area contributed by atoms with Gasteiger partial charge in [-0.1, -0.05) is 0 Å². The minimum atomic E-state index is -0.893. The molecule has 1 aromatic rings. The third kappa shape index (κ3) is 8.89. The van der Waals surface area contributed by atoms with Gasteiger partial charge in [-0.25, -0.2) is 0 Å². The van der Waals surface area contributed by atoms with Crippen molar-refractivity contribution in [2.24, 2.45) is 7.05 Å². The van der Waals surface area contributed by atoms with Crippen LogP contribution in [0.4, 0.5) is 10.6 Å². The van der Waals surface area contributed by atoms with E-state index in [1.807, 2.05) is 32.5 Å². The number of hydrogen-bond acceptors (Lipinski definition) is 3. The van der Waals surface area contributed by atoms with Crippen LogP contribution >= 0.6 is 0 Å². The number of ether oxygens (including phenoxy) is 1. The van der Waals surface area contributed by atoms with Crippen LogP contribution in [0.1, 0.15) is 99.3 Å². The SMILES string of the molecule is CCCC[C](CCCC)(CCCC)[Sn][c]1cc(N(C)C(=O)OC(C)(C)C)nn1C. The molecule has 0 bridgehead atoms. The fraction of sp³-hybridized carbons (Fsp3) is 0.826. The Morgan fingerprint density at radius 1 is 1.07 bits per heavy atom. The number of aromatic nitrogens is 2. The number of carbonyl (C=O) groups excluding carboxylic acids is 1. The van der Waals surface area contributed by atoms with E-state index in [-0.39, 0.29) is 6.09 Å². The zero-order valence-corrected chi connectivity index (χ0v) is 23.0. The summed E-state index contributed by atoms with van der Waals surface area (Å²) >= 11 is -0.893. The van der Waals surface area contributed by atoms with E-state index < -0.39 is 26.7 Å². The third-order valence-corrected chi connectivity index (χ3v) is 11.0. The van der Waals surface area contributed by atoms with Crippen LogP contribution in [0.3, 0.4) is 0 Å². The van der Waals surface area contributed by atoms with Crippen molar-refractivity contribution in [2.45, 2.75) is 108 Å². The summed E-state index contributed by atoms with van der Waals surface area (Å²) in [6.07, 6.45) is 11.4. The average Bonchev–Trinajstić information content (AvgIpc) is 3.01. The summed E-state index contributed by atoms with van der Waals surface area (Å²) in [5.41, 5.74) is -0.505. The summed E-state index contributed by atoms with van der Waals surface area (Å²) in [5.74, 6) is 0.702. The summed E-state index contributed by atoms with van der Waals surface area (Å²) in [7, 11) is 3.79. The molecule has 0 saturated carbocycles. The van der Waals surface area contributed by atoms with E-state index in [9.17, 15) is 4.79 Å². The Morgan fingerprint density at radius 3 is 1.97 bits per heavy atom. The summed E-state index contributed by atoms with van der Waals surface area (Å²) < 4.78 is 9.42. The van der Waals surface area contributed by atoms with E-state index in [0.717, 1.165) is 0 Å². The molecule has 0 aliphatic rings. The van der Waals surface area contributed by atoms with Crippen molar-refractivity contribution in [2.75, 3.05) is 11.9 Å². The van der Waals surface area contributed by atoms with E-state index in [0.29, 0.717) is 9.25 Å². The number of nitrogens with zero attached hydrogens (tertiary/aromatic N) is 3. The van der Waals surface area contributed by atoms with Crippen LogP contribution in [0, 0.1) is 0 Å². The van der Waals surface area contributed by atoms with Crippen LogP contribution in [-0.4, -0.2) is 49.7 Å². The number of hydrogen-bond donors (Lipinski definition) is 0. The van der Waals surface area contributed by atoms with Crippen molar-refractivity contribution in [3.63, 3.8) is 0 Å². The number of rotatable bonds is 12. The Balaban J connectivity index is 3.08. The molecule has 0 saturated heterocycles. The number of anilines is 1. The standard InChI is InChI=1S/C13H27.C10H16N3O2.Sn/c1-4-7-10-13(11-8-5-2)12-9-6-3;1-10(2,3)15-9(14)13(5)8-6-7-12(4)11-8;/h4-12H2,1-3H3;6H,1-5H3;. The summed E-state index contributed by atoms with van der Waals surface area (Å²) in [6, 6.07) is 2.15. The quantitative estimate of drug-likeness (QED) is 0.330. The number of unbranched alkanes of at least 4 members (excludes halogenated alkanes) is 3. The monoisotopic (exact) mass is 513 g/mol. The van der Waals surface area contributed by atoms with Crippen molar-refractivity contribution in [1.82, 2.24) is 9.78 Å². The van der Waals surface area contributed by atoms with Gasteiger partial charge in [-0.2, -0.15) is 0 Å². The first kappa shape index (κ1) is 26.3. The molecule has 0 N–H and O–H groups in total. The second kappa shape index (κ2) is 12.2. The van der Waals surface area contributed by atoms with Gasteiger partial charge in [-0.05, 0) is 0 Å². The van der Waals surface area contributed by atoms with E-state index in [1.165, 1.54) is 61.5 Å². The molecule has 0 aliphatic heterocycles. The molecule has 1 rings (SSSR count). The van der Waals surface area contributed by atoms with Gasteiger partial charge in [0.2, 0.25) is 0 Å². The topological polar surface area (TPSA) is 47.4 Å². The van der Waals surface area contributed by atoms with E-state index in [2.05, 4.69) is 31.9 Å². The van der Waals surface area contributed by atoms with Crippen LogP contribution in [0.15, 0.2) is 6.07 Å². The molecular formula is C23H43N3O2Sn. The van der Waals surface area contributed by atoms with E-state index >= 15 is 0 Å². The van der Waals surface area contributed by atoms with Gasteiger partial charge in [0.15, 0.2) is 0 Å². The van der Waals surface area contributed by atoms with Crippen molar-refractivity contribution >= 4 is 36.8 Å². The van der Waals surface area contributed by atoms with Crippen LogP contribution in [-0.2, 0) is 11.8 Å². The Kier molecular flexibility index (Phi) is 11.1. The van der Waals surface area contributed by atoms with Crippen LogP contribution < -0.4 is 8.61 Å². The molecule has 6 heteroatoms. The molecule has 5 nitrogen and oxygen atoms in total. The van der Waals surface area contributed by atoms with Gasteiger partial charge < -0.3 is 0 Å². The molecule has 0 atom stereocenters. The summed E-state index contributed by atoms with van der Waals surface area (Å²) in [6.45, 7) is 12.6. The van der Waals surface area contributed by atoms with E-state index in [1.54, 1.807) is 11.9 Å². The summed E-state index contributed by atoms with van der Waals surface area (Å²) in [5, 5.41) is 4.67. The molecule has 1 amide bonds. The predicted molar refractivity (Wildman–Crippen MR) is 125 cm³/mol. The van der Waals surface area contributed by atoms with Crippen molar-refractivity contribution < 1.29 is 9.53 Å². The Labute approximate surface area is 189 Å². The van der Waals surface area contributed by atoms with Gasteiger partial charge in [-0.15, -0.1) is 0 Å². The minimum absolute atomic E-state index is 0.346. The average molecular weight is 512 g/mol. The second-order valence-corrected chi connectivity index (χ2v) is 14.5. The first-order valence-corrected chi connectivity index (χ1v) is 14.2. The maximum absolute atomic E-state index is 12.5. The molecule has 0 spiro atoms. The molecule has 0 fully saturated rings. The Hall–Kier alpha value is -0.721. The zero-order chi connectivity index (χ0) is 22.1. The second-order valence-electron chi connectivity index (χ2n) is 9.27. The van der Waals surface area contributed by atoms with Crippen LogP contribution in [0.2, 0.25) is 3.43 Å². The van der Waals surface area contributed by atoms with E-state index in [4.69, 9.17) is 4.74 Å². The molecular weight excluding hydrogens is 469 g/mol. The molecule has 0 aliphatic carbocycles. The Bertz CT molecular complexity index is 600. The van der Waals surface area contributed by atoms with Gasteiger partial charge in [0.1, 0.15) is 0 Å². The molecule has 1 aromatic heterocycles. The van der Waals surface area contributed by atoms with Gasteiger partial charge in [-0.3, -0.25) is 0 Å². The predicted octanol–water partition coefficient (Wildman–Crippen LogP) is 5.85. The fourth-order valence-electron chi connectivity index (χ4n) is 3.54. The van der Waals surface area contributed by atoms with Crippen molar-refractivity contribution in [3.05, 3.63) is 6.07 Å². The molecule has 166 valence electrons. The zero-order valence-electron chi connectivity index (χ0n) is 20.1. The van der Waals surface area contributed by atoms with Gasteiger partial charge in [0.05, 0.1) is 0 Å². The van der Waals surface area contributed by atoms with Crippen LogP contribution in [0.25, 0.3) is 0 Å². The Morgan fingerprint density at radius 2 is 1.55 bits per heavy atom. The van der Waals surface area contributed by atoms with Crippen molar-refractivity contribution in [3.8, 4) is 0 Å². The van der Waals surface area contributed by atoms with Gasteiger partial charge in [0.25, 0.3) is 0 Å². The van der Waals surface area contributed by atoms with Crippen molar-refractivity contribution in [1.29, 1.82) is 0 Å². The number of carbonyl (C=O) groups is 1. The first-order chi connectivity index (χ1) is 13.6. The summed E-state index contributed by atoms with van der Waals surface area (Å²) in [4.78, 5) is 14.0. The third-order valence-electron chi connectivity index (χ3n) is 5.30. The van der Waals surface area contributed by atoms with Gasteiger partial charge in [0, 0.05) is 0 Å². The normalized spacial score (nSPS) is 12.3. The van der Waals surface area contributed by atoms with Gasteiger partial charge >= 0.3 is 189 Å².